The van der Waals surface area contributed by atoms with E-state index in [1.807, 2.05) is 48.5 Å². The fourth-order valence-corrected chi connectivity index (χ4v) is 3.35. The molecule has 0 saturated heterocycles. The molecule has 7 heteroatoms. The third-order valence-corrected chi connectivity index (χ3v) is 4.76. The molecule has 0 spiro atoms. The van der Waals surface area contributed by atoms with Crippen LogP contribution in [-0.4, -0.2) is 20.9 Å². The lowest BCUT2D eigenvalue weighted by molar-refractivity contribution is 0.0954. The Morgan fingerprint density at radius 2 is 2.08 bits per heavy atom. The Bertz CT molecular complexity index is 1020. The van der Waals surface area contributed by atoms with Gasteiger partial charge in [-0.05, 0) is 24.3 Å². The van der Waals surface area contributed by atoms with Gasteiger partial charge in [0.1, 0.15) is 15.7 Å². The summed E-state index contributed by atoms with van der Waals surface area (Å²) in [5, 5.41) is 3.63. The Kier molecular flexibility index (Phi) is 3.91. The van der Waals surface area contributed by atoms with Crippen molar-refractivity contribution in [3.8, 4) is 10.6 Å². The highest BCUT2D eigenvalue weighted by Crippen LogP contribution is 2.26. The molecule has 2 aromatic heterocycles. The van der Waals surface area contributed by atoms with Gasteiger partial charge in [-0.2, -0.15) is 0 Å². The maximum absolute atomic E-state index is 12.3. The minimum Gasteiger partial charge on any atom is -0.399 e. The zero-order valence-corrected chi connectivity index (χ0v) is 14.0. The first-order valence-electron chi connectivity index (χ1n) is 7.72. The van der Waals surface area contributed by atoms with Crippen molar-refractivity contribution in [3.05, 3.63) is 65.4 Å². The van der Waals surface area contributed by atoms with Crippen LogP contribution in [0.4, 0.5) is 5.69 Å². The number of hydrogen-bond donors (Lipinski definition) is 3. The lowest BCUT2D eigenvalue weighted by Crippen LogP contribution is -2.22. The molecule has 4 aromatic rings. The van der Waals surface area contributed by atoms with E-state index >= 15 is 0 Å². The highest BCUT2D eigenvalue weighted by molar-refractivity contribution is 7.16. The van der Waals surface area contributed by atoms with Crippen molar-refractivity contribution in [1.29, 1.82) is 0 Å². The second kappa shape index (κ2) is 6.37. The summed E-state index contributed by atoms with van der Waals surface area (Å²) in [4.78, 5) is 24.8. The van der Waals surface area contributed by atoms with Crippen LogP contribution in [0.15, 0.2) is 54.7 Å². The number of aromatic amines is 1. The molecule has 0 fully saturated rings. The van der Waals surface area contributed by atoms with E-state index in [1.54, 1.807) is 6.20 Å². The Morgan fingerprint density at radius 3 is 2.92 bits per heavy atom. The highest BCUT2D eigenvalue weighted by atomic mass is 32.1. The van der Waals surface area contributed by atoms with Gasteiger partial charge in [-0.1, -0.05) is 24.3 Å². The molecule has 2 heterocycles. The van der Waals surface area contributed by atoms with Crippen LogP contribution >= 0.6 is 11.3 Å². The number of thiazole rings is 1. The summed E-state index contributed by atoms with van der Waals surface area (Å²) in [6, 6.07) is 15.2. The molecule has 4 N–H and O–H groups in total. The normalized spacial score (nSPS) is 10.9. The summed E-state index contributed by atoms with van der Waals surface area (Å²) < 4.78 is 0. The smallest absolute Gasteiger partial charge is 0.263 e. The largest absolute Gasteiger partial charge is 0.399 e. The van der Waals surface area contributed by atoms with Crippen LogP contribution in [0.3, 0.4) is 0 Å². The molecule has 2 aromatic carbocycles. The number of H-pyrrole nitrogens is 1. The summed E-state index contributed by atoms with van der Waals surface area (Å²) in [7, 11) is 0. The number of nitrogens with zero attached hydrogens (tertiary/aromatic N) is 2. The van der Waals surface area contributed by atoms with E-state index in [4.69, 9.17) is 5.73 Å². The summed E-state index contributed by atoms with van der Waals surface area (Å²) in [6.45, 7) is 0.332. The summed E-state index contributed by atoms with van der Waals surface area (Å²) in [5.41, 5.74) is 9.20. The second-order valence-corrected chi connectivity index (χ2v) is 6.57. The van der Waals surface area contributed by atoms with E-state index in [1.165, 1.54) is 11.3 Å². The molecule has 4 rings (SSSR count). The van der Waals surface area contributed by atoms with Crippen molar-refractivity contribution in [2.45, 2.75) is 6.54 Å². The zero-order valence-electron chi connectivity index (χ0n) is 13.2. The molecule has 124 valence electrons. The van der Waals surface area contributed by atoms with E-state index in [-0.39, 0.29) is 5.91 Å². The maximum Gasteiger partial charge on any atom is 0.263 e. The summed E-state index contributed by atoms with van der Waals surface area (Å²) in [5.74, 6) is 0.545. The van der Waals surface area contributed by atoms with E-state index in [2.05, 4.69) is 20.3 Å². The first kappa shape index (κ1) is 15.3. The second-order valence-electron chi connectivity index (χ2n) is 5.54. The number of nitrogen functional groups attached to an aromatic ring is 1. The predicted octanol–water partition coefficient (Wildman–Crippen LogP) is 3.20. The van der Waals surface area contributed by atoms with E-state index < -0.39 is 0 Å². The van der Waals surface area contributed by atoms with E-state index in [0.29, 0.717) is 17.1 Å². The van der Waals surface area contributed by atoms with Gasteiger partial charge in [0.2, 0.25) is 0 Å². The quantitative estimate of drug-likeness (QED) is 0.493. The van der Waals surface area contributed by atoms with Gasteiger partial charge in [0, 0.05) is 11.3 Å². The Balaban J connectivity index is 1.46. The number of imidazole rings is 1. The summed E-state index contributed by atoms with van der Waals surface area (Å²) in [6.07, 6.45) is 1.58. The summed E-state index contributed by atoms with van der Waals surface area (Å²) >= 11 is 1.33. The van der Waals surface area contributed by atoms with Gasteiger partial charge < -0.3 is 16.0 Å². The van der Waals surface area contributed by atoms with Crippen molar-refractivity contribution in [2.75, 3.05) is 5.73 Å². The lowest BCUT2D eigenvalue weighted by Gasteiger charge is -2.00. The molecule has 0 saturated carbocycles. The fraction of sp³-hybridized carbons (Fsp3) is 0.0556. The number of hydrogen-bond acceptors (Lipinski definition) is 5. The van der Waals surface area contributed by atoms with E-state index in [0.717, 1.165) is 27.4 Å². The van der Waals surface area contributed by atoms with Crippen molar-refractivity contribution >= 4 is 34.0 Å². The molecule has 1 amide bonds. The topological polar surface area (TPSA) is 96.7 Å². The van der Waals surface area contributed by atoms with Crippen LogP contribution in [-0.2, 0) is 6.54 Å². The third kappa shape index (κ3) is 3.22. The SMILES string of the molecule is Nc1cccc(-c2ncc(C(=O)NCc3nc4ccccc4[nH]3)s2)c1. The molecule has 6 nitrogen and oxygen atoms in total. The Labute approximate surface area is 147 Å². The van der Waals surface area contributed by atoms with Crippen LogP contribution in [0.2, 0.25) is 0 Å². The van der Waals surface area contributed by atoms with Crippen LogP contribution < -0.4 is 11.1 Å². The van der Waals surface area contributed by atoms with Crippen molar-refractivity contribution in [2.24, 2.45) is 0 Å². The molecular weight excluding hydrogens is 334 g/mol. The number of rotatable bonds is 4. The van der Waals surface area contributed by atoms with E-state index in [9.17, 15) is 4.79 Å². The minimum absolute atomic E-state index is 0.173. The average molecular weight is 349 g/mol. The number of aromatic nitrogens is 3. The van der Waals surface area contributed by atoms with Gasteiger partial charge >= 0.3 is 0 Å². The molecule has 0 bridgehead atoms. The molecular formula is C18H15N5OS. The molecule has 25 heavy (non-hydrogen) atoms. The number of carbonyl (C=O) groups is 1. The number of amides is 1. The third-order valence-electron chi connectivity index (χ3n) is 3.72. The van der Waals surface area contributed by atoms with Crippen molar-refractivity contribution in [1.82, 2.24) is 20.3 Å². The maximum atomic E-state index is 12.3. The number of nitrogens with two attached hydrogens (primary N) is 1. The van der Waals surface area contributed by atoms with Gasteiger partial charge in [0.15, 0.2) is 0 Å². The molecule has 0 atom stereocenters. The zero-order chi connectivity index (χ0) is 17.2. The van der Waals surface area contributed by atoms with Crippen LogP contribution in [0, 0.1) is 0 Å². The number of benzene rings is 2. The van der Waals surface area contributed by atoms with Crippen molar-refractivity contribution in [3.63, 3.8) is 0 Å². The number of nitrogens with one attached hydrogen (secondary N) is 2. The lowest BCUT2D eigenvalue weighted by atomic mass is 10.2. The molecule has 0 aliphatic rings. The first-order chi connectivity index (χ1) is 12.2. The number of carbonyl (C=O) groups excluding carboxylic acids is 1. The average Bonchev–Trinajstić information content (AvgIpc) is 3.26. The van der Waals surface area contributed by atoms with Gasteiger partial charge in [-0.3, -0.25) is 4.79 Å². The van der Waals surface area contributed by atoms with Gasteiger partial charge in [0.05, 0.1) is 23.8 Å². The first-order valence-corrected chi connectivity index (χ1v) is 8.54. The Morgan fingerprint density at radius 1 is 1.20 bits per heavy atom. The fourth-order valence-electron chi connectivity index (χ4n) is 2.52. The number of para-hydroxylation sites is 2. The molecule has 0 aliphatic heterocycles. The number of fused-ring (bicyclic) bond motifs is 1. The van der Waals surface area contributed by atoms with Crippen LogP contribution in [0.1, 0.15) is 15.5 Å². The highest BCUT2D eigenvalue weighted by Gasteiger charge is 2.12. The molecule has 0 aliphatic carbocycles. The molecule has 0 unspecified atom stereocenters. The number of anilines is 1. The standard InChI is InChI=1S/C18H15N5OS/c19-12-5-3-4-11(8-12)18-21-9-15(25-18)17(24)20-10-16-22-13-6-1-2-7-14(13)23-16/h1-9H,10,19H2,(H,20,24)(H,22,23). The minimum atomic E-state index is -0.173. The molecule has 0 radical (unpaired) electrons. The Hall–Kier alpha value is -3.19. The van der Waals surface area contributed by atoms with Gasteiger partial charge in [-0.15, -0.1) is 11.3 Å². The van der Waals surface area contributed by atoms with Gasteiger partial charge in [-0.25, -0.2) is 9.97 Å². The predicted molar refractivity (Wildman–Crippen MR) is 99.2 cm³/mol. The van der Waals surface area contributed by atoms with Gasteiger partial charge in [0.25, 0.3) is 5.91 Å². The van der Waals surface area contributed by atoms with Crippen molar-refractivity contribution < 1.29 is 4.79 Å². The van der Waals surface area contributed by atoms with Crippen LogP contribution in [0.25, 0.3) is 21.6 Å². The van der Waals surface area contributed by atoms with Crippen LogP contribution in [0.5, 0.6) is 0 Å². The monoisotopic (exact) mass is 349 g/mol.